The van der Waals surface area contributed by atoms with Gasteiger partial charge in [0.1, 0.15) is 46.5 Å². The number of anilines is 2. The van der Waals surface area contributed by atoms with Crippen LogP contribution in [0.1, 0.15) is 99.8 Å². The fraction of sp³-hybridized carbons (Fsp3) is 0.433. The first-order chi connectivity index (χ1) is 41.3. The Morgan fingerprint density at radius 1 is 0.860 bits per heavy atom. The number of carbonyl (C=O) groups excluding carboxylic acids is 3. The number of aromatic hydroxyl groups is 1. The highest BCUT2D eigenvalue weighted by atomic mass is 19.1. The standard InChI is InChI=1S/C67H73F3N10O6/c1-6-46-53(69)21-18-41-28-44(81)29-49(56(41)46)58-57(70)59-50(31-71-58)61(78-32-42-19-20-43(33-78)73-42)75-65(74-59)86-37-67(22-23-67)36-76-24-26-77(27-25-76)54-13-9-11-48-51(54)35-80(63(48)84)60(66(3,4)5)64(85)79-34-45(82)30-55(79)62(83)72-38(2)39-14-16-40(17-15-39)47-10-7-8-12-52(47)68/h7-18,21,28-29,31,38,42-43,45,55,60,73,81-82H,6,19-20,22-27,30,32-37H2,1-5H3,(H,72,83)/t38-,42?,43?,45+,55-,60+/m0/s1. The van der Waals surface area contributed by atoms with E-state index in [1.54, 1.807) is 41.4 Å². The summed E-state index contributed by atoms with van der Waals surface area (Å²) in [5.74, 6) is -2.05. The molecule has 4 saturated heterocycles. The van der Waals surface area contributed by atoms with Crippen molar-refractivity contribution in [1.29, 1.82) is 0 Å². The van der Waals surface area contributed by atoms with E-state index >= 15 is 13.6 Å². The first kappa shape index (κ1) is 57.2. The number of phenols is 1. The Morgan fingerprint density at radius 2 is 1.59 bits per heavy atom. The lowest BCUT2D eigenvalue weighted by molar-refractivity contribution is -0.145. The molecular weight excluding hydrogens is 1100 g/mol. The number of fused-ring (bicyclic) bond motifs is 5. The summed E-state index contributed by atoms with van der Waals surface area (Å²) in [6.07, 6.45) is 4.99. The summed E-state index contributed by atoms with van der Waals surface area (Å²) >= 11 is 0. The maximum Gasteiger partial charge on any atom is 0.319 e. The molecule has 0 spiro atoms. The number of aliphatic hydroxyl groups is 1. The molecule has 4 N–H and O–H groups in total. The van der Waals surface area contributed by atoms with E-state index in [1.807, 2.05) is 77.1 Å². The van der Waals surface area contributed by atoms with Crippen molar-refractivity contribution in [3.8, 4) is 34.1 Å². The summed E-state index contributed by atoms with van der Waals surface area (Å²) in [5, 5.41) is 30.1. The number of ether oxygens (including phenoxy) is 1. The van der Waals surface area contributed by atoms with Crippen molar-refractivity contribution >= 4 is 50.9 Å². The fourth-order valence-corrected chi connectivity index (χ4v) is 14.2. The molecular formula is C67H73F3N10O6. The van der Waals surface area contributed by atoms with Gasteiger partial charge in [-0.1, -0.05) is 82.3 Å². The minimum absolute atomic E-state index is 0.0418. The van der Waals surface area contributed by atoms with Crippen molar-refractivity contribution in [1.82, 2.24) is 40.3 Å². The molecule has 5 fully saturated rings. The van der Waals surface area contributed by atoms with Crippen molar-refractivity contribution < 1.29 is 42.5 Å². The number of aliphatic hydroxyl groups excluding tert-OH is 1. The van der Waals surface area contributed by atoms with Crippen LogP contribution in [0.25, 0.3) is 44.1 Å². The van der Waals surface area contributed by atoms with Gasteiger partial charge >= 0.3 is 6.01 Å². The number of β-amino-alcohol motifs (C(OH)–C–C–N with tert-alkyl or cyclic N) is 1. The Kier molecular flexibility index (Phi) is 14.9. The summed E-state index contributed by atoms with van der Waals surface area (Å²) in [5.41, 5.74) is 4.05. The summed E-state index contributed by atoms with van der Waals surface area (Å²) < 4.78 is 53.8. The van der Waals surface area contributed by atoms with E-state index in [0.29, 0.717) is 83.4 Å². The molecule has 3 amide bonds. The highest BCUT2D eigenvalue weighted by Gasteiger charge is 2.50. The second-order valence-electron chi connectivity index (χ2n) is 25.8. The number of amides is 3. The number of aromatic nitrogens is 3. The molecule has 2 bridgehead atoms. The Bertz CT molecular complexity index is 3800. The third-order valence-corrected chi connectivity index (χ3v) is 18.8. The van der Waals surface area contributed by atoms with Gasteiger partial charge in [0, 0.05) is 117 Å². The Labute approximate surface area is 498 Å². The largest absolute Gasteiger partial charge is 0.508 e. The Morgan fingerprint density at radius 3 is 2.30 bits per heavy atom. The van der Waals surface area contributed by atoms with Gasteiger partial charge in [-0.25, -0.2) is 13.2 Å². The number of rotatable bonds is 15. The zero-order chi connectivity index (χ0) is 59.9. The molecule has 19 heteroatoms. The number of hydrogen-bond donors (Lipinski definition) is 4. The van der Waals surface area contributed by atoms with Crippen LogP contribution < -0.4 is 25.2 Å². The van der Waals surface area contributed by atoms with Gasteiger partial charge < -0.3 is 45.2 Å². The molecule has 2 unspecified atom stereocenters. The van der Waals surface area contributed by atoms with Crippen LogP contribution in [0.2, 0.25) is 0 Å². The van der Waals surface area contributed by atoms with Crippen LogP contribution in [0.15, 0.2) is 97.2 Å². The van der Waals surface area contributed by atoms with Crippen LogP contribution >= 0.6 is 0 Å². The van der Waals surface area contributed by atoms with Crippen LogP contribution in [-0.2, 0) is 22.6 Å². The van der Waals surface area contributed by atoms with Crippen LogP contribution in [0.3, 0.4) is 0 Å². The van der Waals surface area contributed by atoms with Gasteiger partial charge in [-0.3, -0.25) is 24.3 Å². The SMILES string of the molecule is CCc1c(F)ccc2cc(O)cc(-c3ncc4c(N5CC6CCC(C5)N6)nc(OCC5(CN6CCN(c7cccc8c7CN([C@H](C(=O)N7C[C@H](O)C[C@H]7C(=O)N[C@@H](C)c7ccc(-c9ccccc9F)cc7)C(C)(C)C)C8=O)CC6)CC5)nc4c3F)c12. The Hall–Kier alpha value is -7.87. The van der Waals surface area contributed by atoms with Crippen molar-refractivity contribution in [3.63, 3.8) is 0 Å². The number of nitrogens with zero attached hydrogens (tertiary/aromatic N) is 8. The number of phenolic OH excluding ortho intramolecular Hbond substituents is 1. The van der Waals surface area contributed by atoms with Gasteiger partial charge in [0.15, 0.2) is 5.82 Å². The van der Waals surface area contributed by atoms with Crippen LogP contribution in [0, 0.1) is 28.3 Å². The molecule has 2 aromatic heterocycles. The van der Waals surface area contributed by atoms with E-state index in [-0.39, 0.29) is 77.3 Å². The van der Waals surface area contributed by atoms with Crippen molar-refractivity contribution in [3.05, 3.63) is 137 Å². The van der Waals surface area contributed by atoms with E-state index in [0.717, 1.165) is 62.1 Å². The number of aryl methyl sites for hydroxylation is 1. The van der Waals surface area contributed by atoms with E-state index in [4.69, 9.17) is 14.7 Å². The third-order valence-electron chi connectivity index (χ3n) is 18.8. The van der Waals surface area contributed by atoms with Gasteiger partial charge in [-0.15, -0.1) is 0 Å². The molecule has 86 heavy (non-hydrogen) atoms. The van der Waals surface area contributed by atoms with Gasteiger partial charge in [-0.2, -0.15) is 9.97 Å². The lowest BCUT2D eigenvalue weighted by atomic mass is 9.84. The Balaban J connectivity index is 0.683. The molecule has 0 radical (unpaired) electrons. The first-order valence-corrected chi connectivity index (χ1v) is 30.3. The van der Waals surface area contributed by atoms with Crippen molar-refractivity contribution in [2.24, 2.45) is 10.8 Å². The fourth-order valence-electron chi connectivity index (χ4n) is 14.2. The van der Waals surface area contributed by atoms with Gasteiger partial charge in [-0.05, 0) is 108 Å². The molecule has 16 nitrogen and oxygen atoms in total. The third kappa shape index (κ3) is 10.7. The van der Waals surface area contributed by atoms with E-state index in [1.165, 1.54) is 23.1 Å². The predicted molar refractivity (Wildman–Crippen MR) is 323 cm³/mol. The molecule has 1 saturated carbocycles. The summed E-state index contributed by atoms with van der Waals surface area (Å²) in [4.78, 5) is 68.1. The molecule has 7 heterocycles. The summed E-state index contributed by atoms with van der Waals surface area (Å²) in [6, 6.07) is 23.8. The topological polar surface area (TPSA) is 180 Å². The monoisotopic (exact) mass is 1170 g/mol. The second-order valence-corrected chi connectivity index (χ2v) is 25.8. The normalized spacial score (nSPS) is 21.8. The van der Waals surface area contributed by atoms with E-state index in [2.05, 4.69) is 30.3 Å². The maximum absolute atomic E-state index is 17.4. The summed E-state index contributed by atoms with van der Waals surface area (Å²) in [6.45, 7) is 14.9. The highest BCUT2D eigenvalue weighted by molar-refractivity contribution is 6.04. The van der Waals surface area contributed by atoms with Crippen LogP contribution in [-0.4, -0.2) is 147 Å². The zero-order valence-electron chi connectivity index (χ0n) is 49.3. The second kappa shape index (κ2) is 22.4. The lowest BCUT2D eigenvalue weighted by Gasteiger charge is -2.40. The number of carbonyl (C=O) groups is 3. The molecule has 448 valence electrons. The quantitative estimate of drug-likeness (QED) is 0.0764. The minimum Gasteiger partial charge on any atom is -0.508 e. The molecule has 5 aromatic carbocycles. The molecule has 6 atom stereocenters. The molecule has 7 aromatic rings. The van der Waals surface area contributed by atoms with Crippen molar-refractivity contribution in [2.75, 3.05) is 68.8 Å². The summed E-state index contributed by atoms with van der Waals surface area (Å²) in [7, 11) is 0. The average Bonchev–Trinajstić information content (AvgIpc) is 1.53. The number of piperazine rings is 2. The zero-order valence-corrected chi connectivity index (χ0v) is 49.3. The van der Waals surface area contributed by atoms with Crippen molar-refractivity contribution in [2.45, 2.75) is 116 Å². The van der Waals surface area contributed by atoms with Gasteiger partial charge in [0.2, 0.25) is 11.8 Å². The molecule has 13 rings (SSSR count). The molecule has 1 aliphatic carbocycles. The van der Waals surface area contributed by atoms with Gasteiger partial charge in [0.25, 0.3) is 5.91 Å². The molecule has 5 aliphatic heterocycles. The number of halogens is 3. The van der Waals surface area contributed by atoms with E-state index in [9.17, 15) is 24.2 Å². The number of nitrogens with one attached hydrogen (secondary N) is 2. The number of benzene rings is 5. The lowest BCUT2D eigenvalue weighted by Crippen LogP contribution is -2.58. The number of pyridine rings is 1. The average molecular weight is 1170 g/mol. The van der Waals surface area contributed by atoms with Crippen LogP contribution in [0.5, 0.6) is 11.8 Å². The minimum atomic E-state index is -0.965. The first-order valence-electron chi connectivity index (χ1n) is 30.3. The predicted octanol–water partition coefficient (Wildman–Crippen LogP) is 9.33. The molecule has 6 aliphatic rings. The van der Waals surface area contributed by atoms with Crippen LogP contribution in [0.4, 0.5) is 24.7 Å². The number of hydrogen-bond acceptors (Lipinski definition) is 13. The smallest absolute Gasteiger partial charge is 0.319 e. The maximum atomic E-state index is 17.4. The highest BCUT2D eigenvalue weighted by Crippen LogP contribution is 2.48. The van der Waals surface area contributed by atoms with Gasteiger partial charge in [0.05, 0.1) is 24.1 Å². The number of likely N-dealkylation sites (tertiary alicyclic amines) is 1. The van der Waals surface area contributed by atoms with E-state index < -0.39 is 53.1 Å².